The van der Waals surface area contributed by atoms with Crippen molar-refractivity contribution in [2.45, 2.75) is 13.2 Å². The van der Waals surface area contributed by atoms with Gasteiger partial charge in [0.05, 0.1) is 18.3 Å². The van der Waals surface area contributed by atoms with Crippen LogP contribution in [0.3, 0.4) is 0 Å². The number of hydrogen-bond acceptors (Lipinski definition) is 6. The average molecular weight is 383 g/mol. The molecule has 140 valence electrons. The Bertz CT molecular complexity index is 919. The van der Waals surface area contributed by atoms with Crippen LogP contribution in [0.5, 0.6) is 0 Å². The molecule has 3 heterocycles. The molecule has 3 aromatic rings. The minimum atomic E-state index is 0.0633. The number of fused-ring (bicyclic) bond motifs is 1. The van der Waals surface area contributed by atoms with Crippen LogP contribution in [0.1, 0.15) is 11.1 Å². The first-order chi connectivity index (χ1) is 13.2. The van der Waals surface area contributed by atoms with Crippen LogP contribution in [0.15, 0.2) is 47.3 Å². The largest absolute Gasteiger partial charge is 0.446 e. The van der Waals surface area contributed by atoms with Crippen LogP contribution in [-0.2, 0) is 13.2 Å². The Morgan fingerprint density at radius 2 is 1.81 bits per heavy atom. The third-order valence-corrected chi connectivity index (χ3v) is 5.16. The van der Waals surface area contributed by atoms with Crippen molar-refractivity contribution in [3.05, 3.63) is 54.0 Å². The Morgan fingerprint density at radius 3 is 2.56 bits per heavy atom. The fraction of sp³-hybridized carbons (Fsp3) is 0.316. The van der Waals surface area contributed by atoms with Gasteiger partial charge in [-0.2, -0.15) is 0 Å². The van der Waals surface area contributed by atoms with Gasteiger partial charge in [0, 0.05) is 32.7 Å². The average Bonchev–Trinajstić information content (AvgIpc) is 3.21. The Morgan fingerprint density at radius 1 is 1.07 bits per heavy atom. The Kier molecular flexibility index (Phi) is 5.17. The van der Waals surface area contributed by atoms with E-state index in [4.69, 9.17) is 21.7 Å². The van der Waals surface area contributed by atoms with Gasteiger partial charge in [-0.25, -0.2) is 9.97 Å². The highest BCUT2D eigenvalue weighted by Crippen LogP contribution is 2.24. The molecule has 0 bridgehead atoms. The topological polar surface area (TPSA) is 77.7 Å². The number of thiocarbonyl (C=S) groups is 1. The van der Waals surface area contributed by atoms with Crippen molar-refractivity contribution < 1.29 is 9.52 Å². The second-order valence-corrected chi connectivity index (χ2v) is 6.83. The van der Waals surface area contributed by atoms with E-state index in [0.29, 0.717) is 12.3 Å². The van der Waals surface area contributed by atoms with Gasteiger partial charge in [-0.1, -0.05) is 24.3 Å². The van der Waals surface area contributed by atoms with Gasteiger partial charge in [-0.05, 0) is 29.4 Å². The molecular weight excluding hydrogens is 362 g/mol. The Balaban J connectivity index is 1.32. The fourth-order valence-electron chi connectivity index (χ4n) is 3.20. The lowest BCUT2D eigenvalue weighted by Crippen LogP contribution is -2.51. The lowest BCUT2D eigenvalue weighted by atomic mass is 10.1. The van der Waals surface area contributed by atoms with E-state index in [0.717, 1.165) is 53.6 Å². The van der Waals surface area contributed by atoms with E-state index in [1.807, 2.05) is 30.3 Å². The smallest absolute Gasteiger partial charge is 0.231 e. The molecule has 0 atom stereocenters. The summed E-state index contributed by atoms with van der Waals surface area (Å²) >= 11 is 5.56. The number of aliphatic hydroxyl groups is 1. The SMILES string of the molecule is OCc1ccc(CNC(=S)N2CCN(c3ncnc4occc34)CC2)cc1. The Hall–Kier alpha value is -2.71. The number of furan rings is 1. The molecule has 1 saturated heterocycles. The van der Waals surface area contributed by atoms with E-state index in [9.17, 15) is 0 Å². The van der Waals surface area contributed by atoms with Crippen LogP contribution >= 0.6 is 12.2 Å². The van der Waals surface area contributed by atoms with Crippen molar-refractivity contribution in [1.29, 1.82) is 0 Å². The lowest BCUT2D eigenvalue weighted by molar-refractivity contribution is 0.282. The summed E-state index contributed by atoms with van der Waals surface area (Å²) in [5, 5.41) is 14.1. The number of anilines is 1. The van der Waals surface area contributed by atoms with Gasteiger partial charge in [-0.15, -0.1) is 0 Å². The maximum Gasteiger partial charge on any atom is 0.231 e. The molecule has 2 aromatic heterocycles. The van der Waals surface area contributed by atoms with Crippen LogP contribution in [0.2, 0.25) is 0 Å². The maximum absolute atomic E-state index is 9.11. The van der Waals surface area contributed by atoms with E-state index >= 15 is 0 Å². The van der Waals surface area contributed by atoms with E-state index in [2.05, 4.69) is 25.1 Å². The first-order valence-electron chi connectivity index (χ1n) is 8.89. The summed E-state index contributed by atoms with van der Waals surface area (Å²) in [5.74, 6) is 0.913. The second kappa shape index (κ2) is 7.89. The molecule has 0 amide bonds. The van der Waals surface area contributed by atoms with Crippen molar-refractivity contribution in [3.8, 4) is 0 Å². The van der Waals surface area contributed by atoms with Gasteiger partial charge in [0.25, 0.3) is 0 Å². The van der Waals surface area contributed by atoms with E-state index in [1.165, 1.54) is 0 Å². The van der Waals surface area contributed by atoms with E-state index in [1.54, 1.807) is 12.6 Å². The number of aliphatic hydroxyl groups excluding tert-OH is 1. The summed E-state index contributed by atoms with van der Waals surface area (Å²) in [7, 11) is 0. The van der Waals surface area contributed by atoms with Crippen LogP contribution in [0, 0.1) is 0 Å². The Labute approximate surface area is 162 Å². The molecule has 0 radical (unpaired) electrons. The number of benzene rings is 1. The zero-order valence-electron chi connectivity index (χ0n) is 14.8. The number of rotatable bonds is 4. The lowest BCUT2D eigenvalue weighted by Gasteiger charge is -2.36. The van der Waals surface area contributed by atoms with Crippen LogP contribution in [0.25, 0.3) is 11.1 Å². The highest BCUT2D eigenvalue weighted by Gasteiger charge is 2.22. The molecule has 1 aliphatic rings. The van der Waals surface area contributed by atoms with Crippen molar-refractivity contribution >= 4 is 34.2 Å². The van der Waals surface area contributed by atoms with Gasteiger partial charge < -0.3 is 24.6 Å². The molecule has 8 heteroatoms. The molecule has 4 rings (SSSR count). The van der Waals surface area contributed by atoms with Gasteiger partial charge in [0.2, 0.25) is 5.71 Å². The van der Waals surface area contributed by atoms with E-state index < -0.39 is 0 Å². The van der Waals surface area contributed by atoms with Gasteiger partial charge in [-0.3, -0.25) is 0 Å². The fourth-order valence-corrected chi connectivity index (χ4v) is 3.46. The normalized spacial score (nSPS) is 14.6. The molecule has 27 heavy (non-hydrogen) atoms. The van der Waals surface area contributed by atoms with Crippen LogP contribution < -0.4 is 10.2 Å². The predicted molar refractivity (Wildman–Crippen MR) is 107 cm³/mol. The molecule has 1 aliphatic heterocycles. The van der Waals surface area contributed by atoms with E-state index in [-0.39, 0.29) is 6.61 Å². The quantitative estimate of drug-likeness (QED) is 0.662. The summed E-state index contributed by atoms with van der Waals surface area (Å²) in [6.07, 6.45) is 3.19. The van der Waals surface area contributed by atoms with Gasteiger partial charge >= 0.3 is 0 Å². The standard InChI is InChI=1S/C19H21N5O2S/c25-12-15-3-1-14(2-4-15)11-20-19(27)24-8-6-23(7-9-24)17-16-5-10-26-18(16)22-13-21-17/h1-5,10,13,25H,6-9,11-12H2,(H,20,27). The molecule has 1 fully saturated rings. The minimum Gasteiger partial charge on any atom is -0.446 e. The van der Waals surface area contributed by atoms with Crippen LogP contribution in [-0.4, -0.2) is 51.3 Å². The number of hydrogen-bond donors (Lipinski definition) is 2. The molecule has 0 spiro atoms. The van der Waals surface area contributed by atoms with Crippen molar-refractivity contribution in [2.75, 3.05) is 31.1 Å². The second-order valence-electron chi connectivity index (χ2n) is 6.44. The van der Waals surface area contributed by atoms with Crippen molar-refractivity contribution in [2.24, 2.45) is 0 Å². The predicted octanol–water partition coefficient (Wildman–Crippen LogP) is 1.91. The third kappa shape index (κ3) is 3.86. The van der Waals surface area contributed by atoms with Gasteiger partial charge in [0.15, 0.2) is 5.11 Å². The third-order valence-electron chi connectivity index (χ3n) is 4.76. The summed E-state index contributed by atoms with van der Waals surface area (Å²) in [5.41, 5.74) is 2.66. The molecule has 0 aliphatic carbocycles. The molecule has 0 saturated carbocycles. The summed E-state index contributed by atoms with van der Waals surface area (Å²) in [6.45, 7) is 4.08. The first kappa shape index (κ1) is 17.7. The molecule has 7 nitrogen and oxygen atoms in total. The minimum absolute atomic E-state index is 0.0633. The highest BCUT2D eigenvalue weighted by molar-refractivity contribution is 7.80. The monoisotopic (exact) mass is 383 g/mol. The molecule has 1 aromatic carbocycles. The first-order valence-corrected chi connectivity index (χ1v) is 9.30. The van der Waals surface area contributed by atoms with Crippen molar-refractivity contribution in [1.82, 2.24) is 20.2 Å². The number of piperazine rings is 1. The zero-order chi connectivity index (χ0) is 18.6. The van der Waals surface area contributed by atoms with Crippen molar-refractivity contribution in [3.63, 3.8) is 0 Å². The summed E-state index contributed by atoms with van der Waals surface area (Å²) in [4.78, 5) is 13.0. The number of nitrogens with zero attached hydrogens (tertiary/aromatic N) is 4. The van der Waals surface area contributed by atoms with Gasteiger partial charge in [0.1, 0.15) is 12.1 Å². The zero-order valence-corrected chi connectivity index (χ0v) is 15.7. The number of aromatic nitrogens is 2. The summed E-state index contributed by atoms with van der Waals surface area (Å²) in [6, 6.07) is 9.77. The molecule has 2 N–H and O–H groups in total. The molecule has 0 unspecified atom stereocenters. The molecular formula is C19H21N5O2S. The highest BCUT2D eigenvalue weighted by atomic mass is 32.1. The van der Waals surface area contributed by atoms with Crippen LogP contribution in [0.4, 0.5) is 5.82 Å². The summed E-state index contributed by atoms with van der Waals surface area (Å²) < 4.78 is 5.36. The number of nitrogens with one attached hydrogen (secondary N) is 1. The maximum atomic E-state index is 9.11.